The van der Waals surface area contributed by atoms with Gasteiger partial charge in [0.05, 0.1) is 22.4 Å². The van der Waals surface area contributed by atoms with Crippen molar-refractivity contribution in [3.63, 3.8) is 0 Å². The molecule has 0 fully saturated rings. The van der Waals surface area contributed by atoms with Crippen molar-refractivity contribution in [1.82, 2.24) is 23.6 Å². The quantitative estimate of drug-likeness (QED) is 0.165. The summed E-state index contributed by atoms with van der Waals surface area (Å²) in [5.41, 5.74) is 11.6. The Morgan fingerprint density at radius 2 is 1.05 bits per heavy atom. The molecule has 300 valence electrons. The third-order valence-electron chi connectivity index (χ3n) is 12.1. The van der Waals surface area contributed by atoms with E-state index in [2.05, 4.69) is 218 Å². The zero-order valence-electron chi connectivity index (χ0n) is 34.9. The third-order valence-corrected chi connectivity index (χ3v) is 12.1. The van der Waals surface area contributed by atoms with Crippen molar-refractivity contribution in [1.29, 1.82) is 0 Å². The summed E-state index contributed by atoms with van der Waals surface area (Å²) in [6.07, 6.45) is 4.13. The Labute approximate surface area is 365 Å². The average molecular weight is 961 g/mol. The predicted molar refractivity (Wildman–Crippen MR) is 246 cm³/mol. The minimum Gasteiger partial charge on any atom is -0.498 e. The molecule has 0 saturated heterocycles. The number of benzene rings is 6. The second kappa shape index (κ2) is 13.7. The van der Waals surface area contributed by atoms with Crippen LogP contribution in [0.1, 0.15) is 52.7 Å². The van der Waals surface area contributed by atoms with Gasteiger partial charge in [-0.05, 0) is 59.7 Å². The molecule has 0 atom stereocenters. The molecule has 11 rings (SSSR count). The Morgan fingerprint density at radius 3 is 1.65 bits per heavy atom. The van der Waals surface area contributed by atoms with Gasteiger partial charge in [-0.3, -0.25) is 4.57 Å². The van der Waals surface area contributed by atoms with Crippen molar-refractivity contribution in [2.24, 2.45) is 0 Å². The number of pyridine rings is 1. The Balaban J connectivity index is 0.00000433. The van der Waals surface area contributed by atoms with E-state index < -0.39 is 0 Å². The molecule has 1 aliphatic heterocycles. The molecule has 6 aromatic carbocycles. The van der Waals surface area contributed by atoms with Crippen LogP contribution >= 0.6 is 0 Å². The first kappa shape index (κ1) is 38.1. The molecule has 0 saturated carbocycles. The molecule has 10 aromatic rings. The number of para-hydroxylation sites is 4. The minimum absolute atomic E-state index is 0. The fourth-order valence-electron chi connectivity index (χ4n) is 9.24. The Bertz CT molecular complexity index is 3260. The predicted octanol–water partition coefficient (Wildman–Crippen LogP) is 12.9. The molecule has 5 heterocycles. The van der Waals surface area contributed by atoms with Gasteiger partial charge in [0.15, 0.2) is 0 Å². The smallest absolute Gasteiger partial charge is 0.143 e. The Kier molecular flexibility index (Phi) is 8.72. The maximum absolute atomic E-state index is 4.95. The first-order chi connectivity index (χ1) is 28.5. The summed E-state index contributed by atoms with van der Waals surface area (Å²) in [4.78, 5) is 9.40. The SMILES string of the molecule is CN1[CH-]N(c2[c-]c3c(c(C(C)(C)C)c2)c2ccccc2n3-c2[c-]c(-n3c4ccccc4c4cccnc43)cc(C(C)(C)C)c2)C=C1n1c2ccccc2c2ccccc21.[Pt]. The van der Waals surface area contributed by atoms with E-state index in [0.29, 0.717) is 0 Å². The molecule has 1 aliphatic rings. The van der Waals surface area contributed by atoms with Gasteiger partial charge in [-0.2, -0.15) is 6.67 Å². The second-order valence-electron chi connectivity index (χ2n) is 18.0. The first-order valence-corrected chi connectivity index (χ1v) is 20.4. The van der Waals surface area contributed by atoms with Gasteiger partial charge in [-0.1, -0.05) is 137 Å². The van der Waals surface area contributed by atoms with E-state index >= 15 is 0 Å². The van der Waals surface area contributed by atoms with Crippen molar-refractivity contribution in [2.45, 2.75) is 52.4 Å². The van der Waals surface area contributed by atoms with Crippen LogP contribution < -0.4 is 4.90 Å². The van der Waals surface area contributed by atoms with Crippen LogP contribution in [0.5, 0.6) is 0 Å². The minimum atomic E-state index is -0.168. The summed E-state index contributed by atoms with van der Waals surface area (Å²) in [5, 5.41) is 7.21. The van der Waals surface area contributed by atoms with Gasteiger partial charge in [0, 0.05) is 60.5 Å². The van der Waals surface area contributed by atoms with E-state index in [9.17, 15) is 0 Å². The molecule has 4 aromatic heterocycles. The average Bonchev–Trinajstić information content (AvgIpc) is 3.97. The molecule has 60 heavy (non-hydrogen) atoms. The van der Waals surface area contributed by atoms with Crippen LogP contribution in [-0.2, 0) is 31.9 Å². The summed E-state index contributed by atoms with van der Waals surface area (Å²) in [6, 6.07) is 53.9. The largest absolute Gasteiger partial charge is 0.498 e. The molecule has 0 N–H and O–H groups in total. The monoisotopic (exact) mass is 960 g/mol. The molecule has 6 nitrogen and oxygen atoms in total. The van der Waals surface area contributed by atoms with Crippen molar-refractivity contribution >= 4 is 77.1 Å². The molecule has 0 aliphatic carbocycles. The van der Waals surface area contributed by atoms with Crippen molar-refractivity contribution in [3.8, 4) is 11.4 Å². The van der Waals surface area contributed by atoms with Gasteiger partial charge in [-0.25, -0.2) is 4.98 Å². The summed E-state index contributed by atoms with van der Waals surface area (Å²) in [5.74, 6) is 1.07. The number of fused-ring (bicyclic) bond motifs is 9. The Morgan fingerprint density at radius 1 is 0.533 bits per heavy atom. The molecule has 0 unspecified atom stereocenters. The topological polar surface area (TPSA) is 34.2 Å². The van der Waals surface area contributed by atoms with Crippen molar-refractivity contribution in [2.75, 3.05) is 11.9 Å². The molecular formula is C53H45N6Pt-3. The van der Waals surface area contributed by atoms with Crippen LogP contribution in [0.4, 0.5) is 5.69 Å². The maximum atomic E-state index is 4.95. The van der Waals surface area contributed by atoms with Gasteiger partial charge in [0.2, 0.25) is 0 Å². The molecular weight excluding hydrogens is 916 g/mol. The first-order valence-electron chi connectivity index (χ1n) is 20.4. The Hall–Kier alpha value is -6.10. The van der Waals surface area contributed by atoms with Crippen LogP contribution in [-0.4, -0.2) is 30.6 Å². The summed E-state index contributed by atoms with van der Waals surface area (Å²) >= 11 is 0. The van der Waals surface area contributed by atoms with Gasteiger partial charge >= 0.3 is 0 Å². The van der Waals surface area contributed by atoms with E-state index in [0.717, 1.165) is 50.5 Å². The zero-order valence-corrected chi connectivity index (χ0v) is 37.1. The van der Waals surface area contributed by atoms with Crippen LogP contribution in [0.15, 0.2) is 140 Å². The van der Waals surface area contributed by atoms with E-state index in [1.165, 1.54) is 49.1 Å². The molecule has 0 spiro atoms. The summed E-state index contributed by atoms with van der Waals surface area (Å²) in [6.45, 7) is 16.0. The summed E-state index contributed by atoms with van der Waals surface area (Å²) < 4.78 is 7.04. The molecule has 0 radical (unpaired) electrons. The van der Waals surface area contributed by atoms with Crippen molar-refractivity contribution < 1.29 is 21.1 Å². The summed E-state index contributed by atoms with van der Waals surface area (Å²) in [7, 11) is 2.13. The van der Waals surface area contributed by atoms with Gasteiger partial charge in [0.25, 0.3) is 0 Å². The number of nitrogens with zero attached hydrogens (tertiary/aromatic N) is 6. The van der Waals surface area contributed by atoms with E-state index in [1.807, 2.05) is 12.3 Å². The molecule has 7 heteroatoms. The third kappa shape index (κ3) is 5.75. The molecule has 0 amide bonds. The van der Waals surface area contributed by atoms with Gasteiger partial charge in [-0.15, -0.1) is 47.1 Å². The van der Waals surface area contributed by atoms with E-state index in [-0.39, 0.29) is 31.9 Å². The van der Waals surface area contributed by atoms with Gasteiger partial charge in [0.1, 0.15) is 5.65 Å². The fourth-order valence-corrected chi connectivity index (χ4v) is 9.24. The normalized spacial score (nSPS) is 13.8. The van der Waals surface area contributed by atoms with Gasteiger partial charge < -0.3 is 18.9 Å². The van der Waals surface area contributed by atoms with E-state index in [4.69, 9.17) is 4.98 Å². The van der Waals surface area contributed by atoms with Crippen LogP contribution in [0.2, 0.25) is 0 Å². The van der Waals surface area contributed by atoms with Crippen LogP contribution in [0, 0.1) is 18.8 Å². The zero-order chi connectivity index (χ0) is 40.4. The van der Waals surface area contributed by atoms with Crippen LogP contribution in [0.25, 0.3) is 82.7 Å². The van der Waals surface area contributed by atoms with E-state index in [1.54, 1.807) is 0 Å². The number of aromatic nitrogens is 4. The number of hydrogen-bond donors (Lipinski definition) is 0. The second-order valence-corrected chi connectivity index (χ2v) is 18.0. The number of anilines is 1. The standard InChI is InChI=1S/C53H45N6.Pt/c1-52(2,3)34-27-36(29-37(28-34)58-44-22-12-10-19-40(44)41-21-16-26-54-51(41)58)57-47-25-15-11-20-42(47)50-43(53(4,5)6)30-35(31-48(50)57)56-32-49(55(7)33-56)59-45-23-13-8-17-38(45)39-18-9-14-24-46(39)59;/h8-28,30,32-33H,1-7H3;/q-3;. The van der Waals surface area contributed by atoms with Crippen molar-refractivity contribution in [3.05, 3.63) is 170 Å². The molecule has 0 bridgehead atoms. The fraction of sp³-hybridized carbons (Fsp3) is 0.170. The number of rotatable bonds is 4. The maximum Gasteiger partial charge on any atom is 0.143 e. The van der Waals surface area contributed by atoms with Crippen LogP contribution in [0.3, 0.4) is 0 Å². The number of hydrogen-bond acceptors (Lipinski definition) is 3.